The fourth-order valence-corrected chi connectivity index (χ4v) is 3.89. The molecule has 3 aromatic rings. The minimum atomic E-state index is -4.51. The van der Waals surface area contributed by atoms with Gasteiger partial charge in [0, 0.05) is 30.4 Å². The number of carboxylic acids is 1. The molecule has 6 nitrogen and oxygen atoms in total. The summed E-state index contributed by atoms with van der Waals surface area (Å²) in [6.45, 7) is -0.513. The summed E-state index contributed by atoms with van der Waals surface area (Å²) in [5, 5.41) is 10.4. The molecule has 0 bridgehead atoms. The molecule has 2 aromatic heterocycles. The van der Waals surface area contributed by atoms with Gasteiger partial charge < -0.3 is 14.6 Å². The second kappa shape index (κ2) is 7.07. The van der Waals surface area contributed by atoms with Crippen LogP contribution in [0.5, 0.6) is 0 Å². The molecule has 3 heterocycles. The molecule has 1 aromatic carbocycles. The Hall–Kier alpha value is -2.52. The van der Waals surface area contributed by atoms with Crippen molar-refractivity contribution in [1.82, 2.24) is 14.5 Å². The van der Waals surface area contributed by atoms with E-state index in [1.54, 1.807) is 29.1 Å². The second-order valence-electron chi connectivity index (χ2n) is 6.71. The molecular formula is C18H13Cl2F3N4O2. The van der Waals surface area contributed by atoms with Gasteiger partial charge in [0.05, 0.1) is 33.5 Å². The molecule has 1 aliphatic heterocycles. The van der Waals surface area contributed by atoms with E-state index >= 15 is 0 Å². The Kier molecular flexibility index (Phi) is 4.82. The lowest BCUT2D eigenvalue weighted by Crippen LogP contribution is -2.36. The summed E-state index contributed by atoms with van der Waals surface area (Å²) in [7, 11) is 0. The highest BCUT2D eigenvalue weighted by Crippen LogP contribution is 2.41. The number of carbonyl (C=O) groups is 1. The lowest BCUT2D eigenvalue weighted by atomic mass is 10.1. The fraction of sp³-hybridized carbons (Fsp3) is 0.278. The first-order chi connectivity index (χ1) is 13.7. The first-order valence-electron chi connectivity index (χ1n) is 8.50. The number of imidazole rings is 1. The number of alkyl halides is 3. The van der Waals surface area contributed by atoms with Crippen LogP contribution in [0.4, 0.5) is 19.0 Å². The molecule has 1 fully saturated rings. The summed E-state index contributed by atoms with van der Waals surface area (Å²) in [5.74, 6) is -3.04. The number of aromatic nitrogens is 3. The van der Waals surface area contributed by atoms with Gasteiger partial charge >= 0.3 is 12.1 Å². The Balaban J connectivity index is 1.91. The van der Waals surface area contributed by atoms with Crippen LogP contribution in [0.3, 0.4) is 0 Å². The number of anilines is 1. The van der Waals surface area contributed by atoms with Gasteiger partial charge in [-0.2, -0.15) is 13.2 Å². The van der Waals surface area contributed by atoms with Crippen molar-refractivity contribution in [1.29, 1.82) is 0 Å². The molecule has 1 N–H and O–H groups in total. The number of fused-ring (bicyclic) bond motifs is 1. The lowest BCUT2D eigenvalue weighted by Gasteiger charge is -2.24. The van der Waals surface area contributed by atoms with Gasteiger partial charge in [0.25, 0.3) is 0 Å². The monoisotopic (exact) mass is 444 g/mol. The van der Waals surface area contributed by atoms with E-state index in [4.69, 9.17) is 23.2 Å². The van der Waals surface area contributed by atoms with E-state index in [1.807, 2.05) is 0 Å². The van der Waals surface area contributed by atoms with E-state index in [-0.39, 0.29) is 21.4 Å². The van der Waals surface area contributed by atoms with Crippen molar-refractivity contribution in [3.63, 3.8) is 0 Å². The highest BCUT2D eigenvalue weighted by atomic mass is 35.5. The Morgan fingerprint density at radius 2 is 2.03 bits per heavy atom. The number of hydrogen-bond acceptors (Lipinski definition) is 4. The first-order valence-corrected chi connectivity index (χ1v) is 9.25. The van der Waals surface area contributed by atoms with E-state index in [0.29, 0.717) is 11.1 Å². The molecule has 0 amide bonds. The van der Waals surface area contributed by atoms with Gasteiger partial charge in [-0.25, -0.2) is 14.8 Å². The van der Waals surface area contributed by atoms with E-state index < -0.39 is 37.1 Å². The van der Waals surface area contributed by atoms with Crippen LogP contribution in [0.15, 0.2) is 36.9 Å². The Bertz CT molecular complexity index is 1090. The molecule has 0 spiro atoms. The number of halogens is 5. The maximum atomic E-state index is 13.3. The molecule has 0 saturated carbocycles. The van der Waals surface area contributed by atoms with Gasteiger partial charge in [-0.3, -0.25) is 0 Å². The highest BCUT2D eigenvalue weighted by molar-refractivity contribution is 6.45. The minimum absolute atomic E-state index is 0.0736. The van der Waals surface area contributed by atoms with Gasteiger partial charge in [-0.05, 0) is 18.6 Å². The molecule has 2 atom stereocenters. The maximum absolute atomic E-state index is 13.3. The van der Waals surface area contributed by atoms with E-state index in [9.17, 15) is 23.1 Å². The number of hydrogen-bond donors (Lipinski definition) is 1. The molecule has 4 rings (SSSR count). The van der Waals surface area contributed by atoms with Crippen LogP contribution in [0.2, 0.25) is 10.0 Å². The van der Waals surface area contributed by atoms with Crippen LogP contribution in [-0.2, 0) is 4.79 Å². The van der Waals surface area contributed by atoms with E-state index in [2.05, 4.69) is 9.97 Å². The standard InChI is InChI=1S/C18H13Cl2F3N4O2/c19-11-2-1-10-12(26-4-3-24-8-26)6-14(25-16(10)15(11)20)27-7-9(18(21,22)23)5-13(27)17(28)29/h1-4,6,8-9,13H,5,7H2,(H,28,29)/t9-,13-/m0/s1. The van der Waals surface area contributed by atoms with Gasteiger partial charge in [-0.15, -0.1) is 0 Å². The van der Waals surface area contributed by atoms with Crippen LogP contribution in [0, 0.1) is 5.92 Å². The second-order valence-corrected chi connectivity index (χ2v) is 7.49. The summed E-state index contributed by atoms with van der Waals surface area (Å²) in [5.41, 5.74) is 0.806. The van der Waals surface area contributed by atoms with Crippen molar-refractivity contribution in [2.75, 3.05) is 11.4 Å². The topological polar surface area (TPSA) is 71.2 Å². The highest BCUT2D eigenvalue weighted by Gasteiger charge is 2.50. The Labute approximate surface area is 172 Å². The Morgan fingerprint density at radius 1 is 1.28 bits per heavy atom. The molecule has 0 radical (unpaired) electrons. The summed E-state index contributed by atoms with van der Waals surface area (Å²) in [6.07, 6.45) is -0.356. The summed E-state index contributed by atoms with van der Waals surface area (Å²) < 4.78 is 41.4. The zero-order valence-electron chi connectivity index (χ0n) is 14.6. The molecule has 0 unspecified atom stereocenters. The summed E-state index contributed by atoms with van der Waals surface area (Å²) in [6, 6.07) is 3.44. The van der Waals surface area contributed by atoms with Crippen molar-refractivity contribution in [3.8, 4) is 5.69 Å². The molecule has 152 valence electrons. The van der Waals surface area contributed by atoms with Crippen LogP contribution in [-0.4, -0.2) is 44.4 Å². The van der Waals surface area contributed by atoms with Crippen LogP contribution < -0.4 is 4.90 Å². The molecule has 11 heteroatoms. The van der Waals surface area contributed by atoms with Crippen LogP contribution in [0.25, 0.3) is 16.6 Å². The zero-order chi connectivity index (χ0) is 20.9. The first kappa shape index (κ1) is 19.8. The zero-order valence-corrected chi connectivity index (χ0v) is 16.1. The van der Waals surface area contributed by atoms with Crippen molar-refractivity contribution >= 4 is 45.9 Å². The molecule has 29 heavy (non-hydrogen) atoms. The van der Waals surface area contributed by atoms with Crippen molar-refractivity contribution < 1.29 is 23.1 Å². The van der Waals surface area contributed by atoms with Crippen LogP contribution >= 0.6 is 23.2 Å². The third-order valence-corrected chi connectivity index (χ3v) is 5.76. The number of nitrogens with zero attached hydrogens (tertiary/aromatic N) is 4. The minimum Gasteiger partial charge on any atom is -0.480 e. The molecular weight excluding hydrogens is 432 g/mol. The van der Waals surface area contributed by atoms with Crippen molar-refractivity contribution in [2.45, 2.75) is 18.6 Å². The van der Waals surface area contributed by atoms with E-state index in [1.165, 1.54) is 12.4 Å². The fourth-order valence-electron chi connectivity index (χ4n) is 3.53. The van der Waals surface area contributed by atoms with Crippen molar-refractivity contribution in [3.05, 3.63) is 47.0 Å². The number of aliphatic carboxylic acids is 1. The largest absolute Gasteiger partial charge is 0.480 e. The van der Waals surface area contributed by atoms with Crippen molar-refractivity contribution in [2.24, 2.45) is 5.92 Å². The average molecular weight is 445 g/mol. The number of rotatable bonds is 3. The SMILES string of the molecule is O=C(O)[C@@H]1C[C@H](C(F)(F)F)CN1c1cc(-n2ccnc2)c2ccc(Cl)c(Cl)c2n1. The molecule has 1 aliphatic rings. The molecule has 0 aliphatic carbocycles. The van der Waals surface area contributed by atoms with Gasteiger partial charge in [0.15, 0.2) is 0 Å². The van der Waals surface area contributed by atoms with Crippen LogP contribution in [0.1, 0.15) is 6.42 Å². The average Bonchev–Trinajstić information content (AvgIpc) is 3.33. The van der Waals surface area contributed by atoms with Gasteiger partial charge in [-0.1, -0.05) is 23.2 Å². The summed E-state index contributed by atoms with van der Waals surface area (Å²) >= 11 is 12.4. The summed E-state index contributed by atoms with van der Waals surface area (Å²) in [4.78, 5) is 21.2. The Morgan fingerprint density at radius 3 is 2.66 bits per heavy atom. The third-order valence-electron chi connectivity index (χ3n) is 4.96. The quantitative estimate of drug-likeness (QED) is 0.640. The number of carboxylic acid groups (broad SMARTS) is 1. The number of pyridine rings is 1. The number of benzene rings is 1. The lowest BCUT2D eigenvalue weighted by molar-refractivity contribution is -0.169. The molecule has 1 saturated heterocycles. The normalized spacial score (nSPS) is 19.8. The van der Waals surface area contributed by atoms with Gasteiger partial charge in [0.2, 0.25) is 0 Å². The predicted molar refractivity (Wildman–Crippen MR) is 102 cm³/mol. The van der Waals surface area contributed by atoms with Gasteiger partial charge in [0.1, 0.15) is 11.9 Å². The smallest absolute Gasteiger partial charge is 0.393 e. The third kappa shape index (κ3) is 3.49. The maximum Gasteiger partial charge on any atom is 0.393 e. The van der Waals surface area contributed by atoms with E-state index in [0.717, 1.165) is 4.90 Å². The predicted octanol–water partition coefficient (Wildman–Crippen LogP) is 4.57.